The molecule has 2 heterocycles. The third-order valence-electron chi connectivity index (χ3n) is 3.83. The molecule has 0 radical (unpaired) electrons. The second kappa shape index (κ2) is 6.99. The minimum atomic E-state index is -0.726. The standard InChI is InChI=1S/C16H14Cl2F2N2O/c17-11-5-10(7-22-8-11)15(9-3-4-21-6-9)23-16-13(20)2-1-12(19)14(16)18/h1-2,5,7-9,15,21H,3-4,6H2/t9-,15-/m0/s1. The molecule has 1 saturated heterocycles. The molecule has 2 aromatic rings. The van der Waals surface area contributed by atoms with Gasteiger partial charge in [0.1, 0.15) is 16.9 Å². The SMILES string of the molecule is Fc1ccc(F)c(O[C@H](c2cncc(Cl)c2)[C@H]2CCNC2)c1Cl. The Morgan fingerprint density at radius 2 is 2.00 bits per heavy atom. The fourth-order valence-corrected chi connectivity index (χ4v) is 3.08. The molecule has 0 amide bonds. The molecule has 0 unspecified atom stereocenters. The second-order valence-corrected chi connectivity index (χ2v) is 6.21. The average molecular weight is 359 g/mol. The number of pyridine rings is 1. The van der Waals surface area contributed by atoms with Crippen molar-refractivity contribution in [2.45, 2.75) is 12.5 Å². The molecule has 7 heteroatoms. The van der Waals surface area contributed by atoms with Crippen LogP contribution in [0.1, 0.15) is 18.1 Å². The molecule has 0 aliphatic carbocycles. The lowest BCUT2D eigenvalue weighted by atomic mass is 9.96. The highest BCUT2D eigenvalue weighted by Gasteiger charge is 2.30. The topological polar surface area (TPSA) is 34.1 Å². The lowest BCUT2D eigenvalue weighted by Crippen LogP contribution is -2.22. The van der Waals surface area contributed by atoms with Crippen molar-refractivity contribution < 1.29 is 13.5 Å². The van der Waals surface area contributed by atoms with Gasteiger partial charge in [-0.15, -0.1) is 0 Å². The fourth-order valence-electron chi connectivity index (χ4n) is 2.70. The van der Waals surface area contributed by atoms with Crippen molar-refractivity contribution in [2.24, 2.45) is 5.92 Å². The first-order valence-corrected chi connectivity index (χ1v) is 7.93. The lowest BCUT2D eigenvalue weighted by Gasteiger charge is -2.25. The molecule has 1 aliphatic heterocycles. The maximum atomic E-state index is 14.0. The van der Waals surface area contributed by atoms with Gasteiger partial charge in [-0.25, -0.2) is 8.78 Å². The van der Waals surface area contributed by atoms with E-state index in [1.807, 2.05) is 0 Å². The maximum Gasteiger partial charge on any atom is 0.177 e. The van der Waals surface area contributed by atoms with Crippen molar-refractivity contribution in [1.82, 2.24) is 10.3 Å². The highest BCUT2D eigenvalue weighted by Crippen LogP contribution is 2.38. The van der Waals surface area contributed by atoms with Gasteiger partial charge >= 0.3 is 0 Å². The van der Waals surface area contributed by atoms with Crippen LogP contribution in [0.25, 0.3) is 0 Å². The zero-order valence-electron chi connectivity index (χ0n) is 12.0. The molecular weight excluding hydrogens is 345 g/mol. The summed E-state index contributed by atoms with van der Waals surface area (Å²) in [7, 11) is 0. The van der Waals surface area contributed by atoms with Crippen LogP contribution in [0.5, 0.6) is 5.75 Å². The van der Waals surface area contributed by atoms with Crippen molar-refractivity contribution >= 4 is 23.2 Å². The van der Waals surface area contributed by atoms with Gasteiger partial charge in [-0.1, -0.05) is 23.2 Å². The smallest absolute Gasteiger partial charge is 0.177 e. The van der Waals surface area contributed by atoms with Crippen LogP contribution < -0.4 is 10.1 Å². The monoisotopic (exact) mass is 358 g/mol. The van der Waals surface area contributed by atoms with Gasteiger partial charge in [0.05, 0.1) is 5.02 Å². The number of aromatic nitrogens is 1. The highest BCUT2D eigenvalue weighted by atomic mass is 35.5. The van der Waals surface area contributed by atoms with Gasteiger partial charge in [-0.3, -0.25) is 4.98 Å². The largest absolute Gasteiger partial charge is 0.481 e. The number of hydrogen-bond donors (Lipinski definition) is 1. The fraction of sp³-hybridized carbons (Fsp3) is 0.312. The Labute approximate surface area is 142 Å². The quantitative estimate of drug-likeness (QED) is 0.822. The van der Waals surface area contributed by atoms with E-state index in [4.69, 9.17) is 27.9 Å². The summed E-state index contributed by atoms with van der Waals surface area (Å²) >= 11 is 11.9. The molecule has 3 rings (SSSR count). The number of halogens is 4. The van der Waals surface area contributed by atoms with Crippen LogP contribution in [0.3, 0.4) is 0 Å². The molecule has 0 saturated carbocycles. The summed E-state index contributed by atoms with van der Waals surface area (Å²) in [6.45, 7) is 1.53. The number of nitrogens with zero attached hydrogens (tertiary/aromatic N) is 1. The third-order valence-corrected chi connectivity index (χ3v) is 4.39. The van der Waals surface area contributed by atoms with Gasteiger partial charge in [0.2, 0.25) is 0 Å². The summed E-state index contributed by atoms with van der Waals surface area (Å²) in [4.78, 5) is 4.05. The van der Waals surface area contributed by atoms with Crippen LogP contribution in [0.2, 0.25) is 10.0 Å². The van der Waals surface area contributed by atoms with Crippen molar-refractivity contribution in [1.29, 1.82) is 0 Å². The lowest BCUT2D eigenvalue weighted by molar-refractivity contribution is 0.137. The Hall–Kier alpha value is -1.43. The van der Waals surface area contributed by atoms with Gasteiger partial charge in [0, 0.05) is 30.4 Å². The Balaban J connectivity index is 1.98. The molecule has 1 fully saturated rings. The Kier molecular flexibility index (Phi) is 4.99. The Bertz CT molecular complexity index is 708. The molecule has 23 heavy (non-hydrogen) atoms. The van der Waals surface area contributed by atoms with Gasteiger partial charge in [0.15, 0.2) is 11.6 Å². The second-order valence-electron chi connectivity index (χ2n) is 5.40. The van der Waals surface area contributed by atoms with Crippen LogP contribution >= 0.6 is 23.2 Å². The maximum absolute atomic E-state index is 14.0. The van der Waals surface area contributed by atoms with Gasteiger partial charge in [-0.2, -0.15) is 0 Å². The molecule has 1 N–H and O–H groups in total. The van der Waals surface area contributed by atoms with E-state index in [0.717, 1.165) is 25.1 Å². The van der Waals surface area contributed by atoms with Gasteiger partial charge in [0.25, 0.3) is 0 Å². The van der Waals surface area contributed by atoms with E-state index in [9.17, 15) is 8.78 Å². The number of nitrogens with one attached hydrogen (secondary N) is 1. The summed E-state index contributed by atoms with van der Waals surface area (Å²) in [6, 6.07) is 3.68. The number of hydrogen-bond acceptors (Lipinski definition) is 3. The average Bonchev–Trinajstić information content (AvgIpc) is 3.05. The van der Waals surface area contributed by atoms with Crippen LogP contribution in [0.4, 0.5) is 8.78 Å². The van der Waals surface area contributed by atoms with Crippen molar-refractivity contribution in [2.75, 3.05) is 13.1 Å². The Morgan fingerprint density at radius 3 is 2.70 bits per heavy atom. The summed E-state index contributed by atoms with van der Waals surface area (Å²) in [6.07, 6.45) is 3.43. The van der Waals surface area contributed by atoms with Crippen molar-refractivity contribution in [3.8, 4) is 5.75 Å². The van der Waals surface area contributed by atoms with Gasteiger partial charge in [-0.05, 0) is 31.2 Å². The molecule has 1 aliphatic rings. The van der Waals surface area contributed by atoms with E-state index in [-0.39, 0.29) is 16.7 Å². The van der Waals surface area contributed by atoms with Gasteiger partial charge < -0.3 is 10.1 Å². The van der Waals surface area contributed by atoms with Crippen molar-refractivity contribution in [3.05, 3.63) is 57.8 Å². The highest BCUT2D eigenvalue weighted by molar-refractivity contribution is 6.32. The molecule has 0 bridgehead atoms. The predicted octanol–water partition coefficient (Wildman–Crippen LogP) is 4.40. The number of ether oxygens (including phenoxy) is 1. The minimum absolute atomic E-state index is 0.0778. The first kappa shape index (κ1) is 16.4. The molecular formula is C16H14Cl2F2N2O. The molecule has 3 nitrogen and oxygen atoms in total. The summed E-state index contributed by atoms with van der Waals surface area (Å²) in [5.74, 6) is -1.64. The molecule has 1 aromatic heterocycles. The zero-order valence-corrected chi connectivity index (χ0v) is 13.5. The molecule has 122 valence electrons. The van der Waals surface area contributed by atoms with E-state index in [2.05, 4.69) is 10.3 Å². The molecule has 0 spiro atoms. The van der Waals surface area contributed by atoms with E-state index in [0.29, 0.717) is 17.1 Å². The van der Waals surface area contributed by atoms with E-state index in [1.54, 1.807) is 12.3 Å². The van der Waals surface area contributed by atoms with Crippen LogP contribution in [0, 0.1) is 17.6 Å². The van der Waals surface area contributed by atoms with Crippen LogP contribution in [-0.2, 0) is 0 Å². The van der Waals surface area contributed by atoms with E-state index in [1.165, 1.54) is 6.20 Å². The molecule has 1 aromatic carbocycles. The normalized spacial score (nSPS) is 18.9. The van der Waals surface area contributed by atoms with Crippen molar-refractivity contribution in [3.63, 3.8) is 0 Å². The number of benzene rings is 1. The summed E-state index contributed by atoms with van der Waals surface area (Å²) in [5.41, 5.74) is 0.700. The van der Waals surface area contributed by atoms with E-state index < -0.39 is 17.7 Å². The minimum Gasteiger partial charge on any atom is -0.481 e. The van der Waals surface area contributed by atoms with Crippen LogP contribution in [-0.4, -0.2) is 18.1 Å². The first-order chi connectivity index (χ1) is 11.1. The third kappa shape index (κ3) is 3.57. The summed E-state index contributed by atoms with van der Waals surface area (Å²) < 4.78 is 33.5. The van der Waals surface area contributed by atoms with Crippen LogP contribution in [0.15, 0.2) is 30.6 Å². The first-order valence-electron chi connectivity index (χ1n) is 7.17. The number of rotatable bonds is 4. The predicted molar refractivity (Wildman–Crippen MR) is 85.0 cm³/mol. The van der Waals surface area contributed by atoms with E-state index >= 15 is 0 Å². The Morgan fingerprint density at radius 1 is 1.22 bits per heavy atom. The summed E-state index contributed by atoms with van der Waals surface area (Å²) in [5, 5.41) is 3.32. The zero-order chi connectivity index (χ0) is 16.4. The molecule has 2 atom stereocenters.